The van der Waals surface area contributed by atoms with E-state index in [0.29, 0.717) is 29.6 Å². The van der Waals surface area contributed by atoms with E-state index in [4.69, 9.17) is 14.5 Å². The summed E-state index contributed by atoms with van der Waals surface area (Å²) in [6.07, 6.45) is 0. The molecular weight excluding hydrogens is 368 g/mol. The molecule has 2 aromatic carbocycles. The second-order valence-corrected chi connectivity index (χ2v) is 6.38. The lowest BCUT2D eigenvalue weighted by atomic mass is 10.1. The molecule has 0 aliphatic rings. The van der Waals surface area contributed by atoms with Gasteiger partial charge >= 0.3 is 0 Å². The summed E-state index contributed by atoms with van der Waals surface area (Å²) in [5, 5.41) is 7.43. The fraction of sp³-hybridized carbons (Fsp3) is 0.136. The summed E-state index contributed by atoms with van der Waals surface area (Å²) < 4.78 is 13.0. The van der Waals surface area contributed by atoms with Gasteiger partial charge in [-0.25, -0.2) is 9.50 Å². The van der Waals surface area contributed by atoms with Crippen molar-refractivity contribution >= 4 is 11.6 Å². The van der Waals surface area contributed by atoms with Gasteiger partial charge in [0, 0.05) is 18.6 Å². The smallest absolute Gasteiger partial charge is 0.237 e. The van der Waals surface area contributed by atoms with Crippen molar-refractivity contribution in [2.24, 2.45) is 0 Å². The Morgan fingerprint density at radius 2 is 1.72 bits per heavy atom. The molecule has 0 aliphatic heterocycles. The Bertz CT molecular complexity index is 1160. The molecule has 0 radical (unpaired) electrons. The van der Waals surface area contributed by atoms with Crippen LogP contribution in [0.25, 0.3) is 16.9 Å². The van der Waals surface area contributed by atoms with E-state index in [-0.39, 0.29) is 5.91 Å². The number of imidazole rings is 1. The third-order valence-electron chi connectivity index (χ3n) is 4.38. The molecule has 0 unspecified atom stereocenters. The standard InChI is InChI=1S/C22H20N4O3/c1-15(27)23-14-17-22(16-8-4-3-5-9-16)24-20-12-13-21(25-26(17)20)29-19-11-7-6-10-18(19)28-2/h3-13H,14H2,1-2H3,(H,23,27). The van der Waals surface area contributed by atoms with Crippen LogP contribution >= 0.6 is 0 Å². The normalized spacial score (nSPS) is 10.7. The van der Waals surface area contributed by atoms with E-state index in [1.54, 1.807) is 17.7 Å². The molecular formula is C22H20N4O3. The number of aromatic nitrogens is 3. The quantitative estimate of drug-likeness (QED) is 0.543. The van der Waals surface area contributed by atoms with Gasteiger partial charge in [0.1, 0.15) is 0 Å². The molecule has 0 spiro atoms. The number of hydrogen-bond acceptors (Lipinski definition) is 5. The minimum absolute atomic E-state index is 0.125. The SMILES string of the molecule is COc1ccccc1Oc1ccc2nc(-c3ccccc3)c(CNC(C)=O)n2n1. The van der Waals surface area contributed by atoms with E-state index in [9.17, 15) is 4.79 Å². The largest absolute Gasteiger partial charge is 0.493 e. The van der Waals surface area contributed by atoms with Gasteiger partial charge in [-0.3, -0.25) is 4.79 Å². The summed E-state index contributed by atoms with van der Waals surface area (Å²) in [7, 11) is 1.59. The Hall–Kier alpha value is -3.87. The second-order valence-electron chi connectivity index (χ2n) is 6.38. The number of benzene rings is 2. The van der Waals surface area contributed by atoms with Crippen molar-refractivity contribution in [3.63, 3.8) is 0 Å². The Kier molecular flexibility index (Phi) is 5.11. The lowest BCUT2D eigenvalue weighted by Crippen LogP contribution is -2.20. The number of nitrogens with zero attached hydrogens (tertiary/aromatic N) is 3. The second kappa shape index (κ2) is 8.02. The van der Waals surface area contributed by atoms with Gasteiger partial charge in [-0.15, -0.1) is 5.10 Å². The van der Waals surface area contributed by atoms with Crippen LogP contribution < -0.4 is 14.8 Å². The summed E-state index contributed by atoms with van der Waals surface area (Å²) >= 11 is 0. The van der Waals surface area contributed by atoms with E-state index < -0.39 is 0 Å². The molecule has 0 fully saturated rings. The van der Waals surface area contributed by atoms with E-state index >= 15 is 0 Å². The molecule has 7 heteroatoms. The summed E-state index contributed by atoms with van der Waals surface area (Å²) in [4.78, 5) is 16.2. The highest BCUT2D eigenvalue weighted by molar-refractivity contribution is 5.73. The number of carbonyl (C=O) groups excluding carboxylic acids is 1. The Balaban J connectivity index is 1.78. The summed E-state index contributed by atoms with van der Waals surface area (Å²) in [6.45, 7) is 1.78. The molecule has 0 saturated heterocycles. The first-order valence-corrected chi connectivity index (χ1v) is 9.15. The average Bonchev–Trinajstić information content (AvgIpc) is 3.11. The molecule has 7 nitrogen and oxygen atoms in total. The number of methoxy groups -OCH3 is 1. The molecule has 1 N–H and O–H groups in total. The van der Waals surface area contributed by atoms with Gasteiger partial charge in [0.15, 0.2) is 17.1 Å². The van der Waals surface area contributed by atoms with Crippen LogP contribution in [-0.2, 0) is 11.3 Å². The molecule has 29 heavy (non-hydrogen) atoms. The highest BCUT2D eigenvalue weighted by Gasteiger charge is 2.16. The maximum Gasteiger partial charge on any atom is 0.237 e. The number of amides is 1. The van der Waals surface area contributed by atoms with Crippen molar-refractivity contribution in [3.05, 3.63) is 72.4 Å². The van der Waals surface area contributed by atoms with Crippen LogP contribution in [0, 0.1) is 0 Å². The van der Waals surface area contributed by atoms with Crippen LogP contribution in [0.4, 0.5) is 0 Å². The lowest BCUT2D eigenvalue weighted by molar-refractivity contribution is -0.119. The minimum atomic E-state index is -0.125. The molecule has 4 aromatic rings. The van der Waals surface area contributed by atoms with Crippen LogP contribution in [0.15, 0.2) is 66.7 Å². The van der Waals surface area contributed by atoms with Crippen molar-refractivity contribution in [2.45, 2.75) is 13.5 Å². The number of nitrogens with one attached hydrogen (secondary N) is 1. The fourth-order valence-electron chi connectivity index (χ4n) is 3.03. The van der Waals surface area contributed by atoms with Gasteiger partial charge in [-0.05, 0) is 18.2 Å². The minimum Gasteiger partial charge on any atom is -0.493 e. The van der Waals surface area contributed by atoms with E-state index in [2.05, 4.69) is 10.4 Å². The number of fused-ring (bicyclic) bond motifs is 1. The molecule has 0 aliphatic carbocycles. The highest BCUT2D eigenvalue weighted by atomic mass is 16.5. The van der Waals surface area contributed by atoms with Crippen LogP contribution in [-0.4, -0.2) is 27.6 Å². The summed E-state index contributed by atoms with van der Waals surface area (Å²) in [5.41, 5.74) is 3.15. The number of rotatable bonds is 6. The zero-order valence-electron chi connectivity index (χ0n) is 16.1. The van der Waals surface area contributed by atoms with Crippen LogP contribution in [0.5, 0.6) is 17.4 Å². The van der Waals surface area contributed by atoms with E-state index in [1.165, 1.54) is 6.92 Å². The molecule has 0 bridgehead atoms. The zero-order chi connectivity index (χ0) is 20.2. The Morgan fingerprint density at radius 1 is 1.00 bits per heavy atom. The third kappa shape index (κ3) is 3.89. The molecule has 2 heterocycles. The van der Waals surface area contributed by atoms with Gasteiger partial charge in [0.05, 0.1) is 25.0 Å². The zero-order valence-corrected chi connectivity index (χ0v) is 16.1. The molecule has 146 valence electrons. The van der Waals surface area contributed by atoms with Gasteiger partial charge in [-0.1, -0.05) is 42.5 Å². The Labute approximate surface area is 167 Å². The molecule has 4 rings (SSSR count). The van der Waals surface area contributed by atoms with Gasteiger partial charge in [0.2, 0.25) is 11.8 Å². The first-order chi connectivity index (χ1) is 14.2. The first-order valence-electron chi connectivity index (χ1n) is 9.15. The predicted octanol–water partition coefficient (Wildman–Crippen LogP) is 3.83. The van der Waals surface area contributed by atoms with Crippen LogP contribution in [0.2, 0.25) is 0 Å². The van der Waals surface area contributed by atoms with Crippen molar-refractivity contribution < 1.29 is 14.3 Å². The highest BCUT2D eigenvalue weighted by Crippen LogP contribution is 2.31. The summed E-state index contributed by atoms with van der Waals surface area (Å²) in [5.74, 6) is 1.45. The topological polar surface area (TPSA) is 77.8 Å². The third-order valence-corrected chi connectivity index (χ3v) is 4.38. The monoisotopic (exact) mass is 388 g/mol. The first kappa shape index (κ1) is 18.5. The summed E-state index contributed by atoms with van der Waals surface area (Å²) in [6, 6.07) is 20.8. The molecule has 1 amide bonds. The number of ether oxygens (including phenoxy) is 2. The van der Waals surface area contributed by atoms with Crippen molar-refractivity contribution in [1.29, 1.82) is 0 Å². The van der Waals surface area contributed by atoms with Gasteiger partial charge in [0.25, 0.3) is 0 Å². The molecule has 0 saturated carbocycles. The molecule has 0 atom stereocenters. The van der Waals surface area contributed by atoms with Crippen molar-refractivity contribution in [3.8, 4) is 28.6 Å². The predicted molar refractivity (Wildman–Crippen MR) is 109 cm³/mol. The van der Waals surface area contributed by atoms with Crippen LogP contribution in [0.1, 0.15) is 12.6 Å². The van der Waals surface area contributed by atoms with E-state index in [0.717, 1.165) is 17.0 Å². The van der Waals surface area contributed by atoms with Crippen molar-refractivity contribution in [1.82, 2.24) is 19.9 Å². The lowest BCUT2D eigenvalue weighted by Gasteiger charge is -2.10. The number of hydrogen-bond donors (Lipinski definition) is 1. The van der Waals surface area contributed by atoms with Gasteiger partial charge in [-0.2, -0.15) is 0 Å². The van der Waals surface area contributed by atoms with E-state index in [1.807, 2.05) is 60.7 Å². The van der Waals surface area contributed by atoms with Gasteiger partial charge < -0.3 is 14.8 Å². The average molecular weight is 388 g/mol. The number of para-hydroxylation sites is 2. The maximum absolute atomic E-state index is 11.5. The maximum atomic E-state index is 11.5. The Morgan fingerprint density at radius 3 is 2.45 bits per heavy atom. The molecule has 2 aromatic heterocycles. The van der Waals surface area contributed by atoms with Crippen molar-refractivity contribution in [2.75, 3.05) is 7.11 Å². The number of carbonyl (C=O) groups is 1. The van der Waals surface area contributed by atoms with Crippen LogP contribution in [0.3, 0.4) is 0 Å². The fourth-order valence-corrected chi connectivity index (χ4v) is 3.03.